The Bertz CT molecular complexity index is 850. The molecule has 3 heterocycles. The third-order valence-electron chi connectivity index (χ3n) is 5.92. The molecule has 0 spiro atoms. The quantitative estimate of drug-likeness (QED) is 0.839. The van der Waals surface area contributed by atoms with Crippen molar-refractivity contribution < 1.29 is 19.4 Å². The van der Waals surface area contributed by atoms with Gasteiger partial charge in [-0.1, -0.05) is 6.07 Å². The summed E-state index contributed by atoms with van der Waals surface area (Å²) in [6.07, 6.45) is 4.74. The van der Waals surface area contributed by atoms with E-state index in [1.54, 1.807) is 7.11 Å². The van der Waals surface area contributed by atoms with Crippen LogP contribution in [-0.4, -0.2) is 58.9 Å². The number of fused-ring (bicyclic) bond motifs is 3. The normalized spacial score (nSPS) is 24.1. The molecule has 0 saturated carbocycles. The Morgan fingerprint density at radius 3 is 3.00 bits per heavy atom. The molecule has 7 nitrogen and oxygen atoms in total. The summed E-state index contributed by atoms with van der Waals surface area (Å²) in [5, 5.41) is 10.0. The maximum atomic E-state index is 12.2. The van der Waals surface area contributed by atoms with Crippen molar-refractivity contribution in [2.45, 2.75) is 25.8 Å². The molecule has 2 aromatic rings. The number of likely N-dealkylation sites (tertiary alicyclic amines) is 1. The summed E-state index contributed by atoms with van der Waals surface area (Å²) in [6.45, 7) is 5.18. The van der Waals surface area contributed by atoms with Crippen LogP contribution in [0.15, 0.2) is 30.6 Å². The van der Waals surface area contributed by atoms with E-state index in [1.807, 2.05) is 37.5 Å². The van der Waals surface area contributed by atoms with Gasteiger partial charge in [0.25, 0.3) is 0 Å². The molecule has 27 heavy (non-hydrogen) atoms. The van der Waals surface area contributed by atoms with Gasteiger partial charge in [-0.05, 0) is 26.0 Å². The van der Waals surface area contributed by atoms with Crippen LogP contribution in [0.3, 0.4) is 0 Å². The van der Waals surface area contributed by atoms with Gasteiger partial charge < -0.3 is 24.0 Å². The maximum Gasteiger partial charge on any atom is 0.315 e. The number of aromatic nitrogens is 2. The molecule has 0 unspecified atom stereocenters. The fourth-order valence-corrected chi connectivity index (χ4v) is 4.36. The van der Waals surface area contributed by atoms with E-state index in [9.17, 15) is 9.90 Å². The predicted molar refractivity (Wildman–Crippen MR) is 99.3 cm³/mol. The van der Waals surface area contributed by atoms with Crippen LogP contribution in [0.2, 0.25) is 0 Å². The average molecular weight is 371 g/mol. The van der Waals surface area contributed by atoms with Crippen LogP contribution in [0.25, 0.3) is 0 Å². The number of methoxy groups -OCH3 is 1. The molecule has 1 aromatic carbocycles. The van der Waals surface area contributed by atoms with Gasteiger partial charge >= 0.3 is 5.97 Å². The lowest BCUT2D eigenvalue weighted by Gasteiger charge is -2.36. The second-order valence-corrected chi connectivity index (χ2v) is 7.46. The summed E-state index contributed by atoms with van der Waals surface area (Å²) >= 11 is 0. The summed E-state index contributed by atoms with van der Waals surface area (Å²) in [5.74, 6) is 1.62. The van der Waals surface area contributed by atoms with E-state index in [1.165, 1.54) is 0 Å². The zero-order chi connectivity index (χ0) is 19.0. The summed E-state index contributed by atoms with van der Waals surface area (Å²) in [6, 6.07) is 5.68. The number of ether oxygens (including phenoxy) is 2. The van der Waals surface area contributed by atoms with Gasteiger partial charge in [-0.3, -0.25) is 4.79 Å². The van der Waals surface area contributed by atoms with Crippen LogP contribution >= 0.6 is 0 Å². The van der Waals surface area contributed by atoms with Crippen molar-refractivity contribution in [1.29, 1.82) is 0 Å². The topological polar surface area (TPSA) is 76.8 Å². The van der Waals surface area contributed by atoms with Gasteiger partial charge in [-0.25, -0.2) is 4.98 Å². The highest BCUT2D eigenvalue weighted by molar-refractivity contribution is 5.78. The molecule has 0 bridgehead atoms. The zero-order valence-electron chi connectivity index (χ0n) is 15.7. The second-order valence-electron chi connectivity index (χ2n) is 7.46. The number of aryl methyl sites for hydroxylation is 2. The van der Waals surface area contributed by atoms with Crippen molar-refractivity contribution in [2.75, 3.05) is 33.4 Å². The number of hydrogen-bond donors (Lipinski definition) is 1. The Hall–Kier alpha value is -2.54. The largest absolute Gasteiger partial charge is 0.497 e. The van der Waals surface area contributed by atoms with Gasteiger partial charge in [0.05, 0.1) is 7.11 Å². The fourth-order valence-electron chi connectivity index (χ4n) is 4.36. The van der Waals surface area contributed by atoms with Crippen molar-refractivity contribution in [3.05, 3.63) is 42.0 Å². The minimum absolute atomic E-state index is 0.0698. The lowest BCUT2D eigenvalue weighted by Crippen LogP contribution is -2.45. The van der Waals surface area contributed by atoms with Crippen LogP contribution < -0.4 is 9.47 Å². The van der Waals surface area contributed by atoms with Crippen molar-refractivity contribution >= 4 is 5.97 Å². The highest BCUT2D eigenvalue weighted by Gasteiger charge is 2.56. The van der Waals surface area contributed by atoms with Gasteiger partial charge in [-0.2, -0.15) is 0 Å². The summed E-state index contributed by atoms with van der Waals surface area (Å²) < 4.78 is 13.3. The van der Waals surface area contributed by atoms with Gasteiger partial charge in [0.2, 0.25) is 0 Å². The van der Waals surface area contributed by atoms with E-state index in [4.69, 9.17) is 9.47 Å². The first-order valence-electron chi connectivity index (χ1n) is 9.28. The number of carboxylic acid groups (broad SMARTS) is 1. The van der Waals surface area contributed by atoms with Crippen LogP contribution in [0, 0.1) is 12.3 Å². The smallest absolute Gasteiger partial charge is 0.315 e. The molecule has 1 N–H and O–H groups in total. The fraction of sp³-hybridized carbons (Fsp3) is 0.500. The number of carboxylic acids is 1. The number of hydrogen-bond acceptors (Lipinski definition) is 5. The first-order chi connectivity index (χ1) is 13.0. The Kier molecular flexibility index (Phi) is 4.55. The third-order valence-corrected chi connectivity index (χ3v) is 5.92. The minimum Gasteiger partial charge on any atom is -0.497 e. The molecule has 0 amide bonds. The van der Waals surface area contributed by atoms with E-state index in [-0.39, 0.29) is 12.5 Å². The first kappa shape index (κ1) is 17.9. The number of rotatable bonds is 6. The zero-order valence-corrected chi connectivity index (χ0v) is 15.7. The summed E-state index contributed by atoms with van der Waals surface area (Å²) in [5.41, 5.74) is 0.0874. The Morgan fingerprint density at radius 1 is 1.44 bits per heavy atom. The number of nitrogens with zero attached hydrogens (tertiary/aromatic N) is 3. The molecular weight excluding hydrogens is 346 g/mol. The second kappa shape index (κ2) is 6.88. The van der Waals surface area contributed by atoms with E-state index in [2.05, 4.69) is 14.5 Å². The highest BCUT2D eigenvalue weighted by atomic mass is 16.5. The van der Waals surface area contributed by atoms with Gasteiger partial charge in [0.1, 0.15) is 29.3 Å². The molecule has 4 rings (SSSR count). The van der Waals surface area contributed by atoms with Gasteiger partial charge in [0.15, 0.2) is 0 Å². The molecule has 2 aliphatic heterocycles. The van der Waals surface area contributed by atoms with Crippen molar-refractivity contribution in [3.8, 4) is 11.5 Å². The predicted octanol–water partition coefficient (Wildman–Crippen LogP) is 2.15. The summed E-state index contributed by atoms with van der Waals surface area (Å²) in [7, 11) is 1.62. The van der Waals surface area contributed by atoms with E-state index in [0.717, 1.165) is 48.9 Å². The monoisotopic (exact) mass is 371 g/mol. The molecule has 144 valence electrons. The van der Waals surface area contributed by atoms with Crippen LogP contribution in [0.4, 0.5) is 0 Å². The first-order valence-corrected chi connectivity index (χ1v) is 9.28. The highest BCUT2D eigenvalue weighted by Crippen LogP contribution is 2.50. The minimum atomic E-state index is -0.882. The van der Waals surface area contributed by atoms with Gasteiger partial charge in [0, 0.05) is 49.6 Å². The molecular formula is C20H25N3O4. The van der Waals surface area contributed by atoms with Gasteiger partial charge in [-0.15, -0.1) is 0 Å². The number of aliphatic carboxylic acids is 1. The molecule has 0 aliphatic carbocycles. The van der Waals surface area contributed by atoms with Crippen LogP contribution in [0.1, 0.15) is 23.7 Å². The lowest BCUT2D eigenvalue weighted by molar-refractivity contribution is -0.151. The number of benzene rings is 1. The Morgan fingerprint density at radius 2 is 2.30 bits per heavy atom. The third kappa shape index (κ3) is 3.06. The SMILES string of the molecule is COc1ccc2c(c1)OC[C@@]1(C(=O)O)CN(CCCn3ccnc3C)C[C@@H]21. The Labute approximate surface area is 158 Å². The molecule has 1 aromatic heterocycles. The standard InChI is InChI=1S/C20H25N3O4/c1-14-21-6-9-23(14)8-3-7-22-11-17-16-5-4-15(26-2)10-18(16)27-13-20(17,12-22)19(24)25/h4-6,9-10,17H,3,7-8,11-13H2,1-2H3,(H,24,25)/t17-,20-/m0/s1. The molecule has 0 radical (unpaired) electrons. The molecule has 7 heteroatoms. The molecule has 2 atom stereocenters. The maximum absolute atomic E-state index is 12.2. The van der Waals surface area contributed by atoms with Crippen LogP contribution in [0.5, 0.6) is 11.5 Å². The Balaban J connectivity index is 1.50. The van der Waals surface area contributed by atoms with Crippen molar-refractivity contribution in [3.63, 3.8) is 0 Å². The lowest BCUT2D eigenvalue weighted by atomic mass is 9.73. The molecule has 1 saturated heterocycles. The van der Waals surface area contributed by atoms with E-state index < -0.39 is 11.4 Å². The van der Waals surface area contributed by atoms with E-state index >= 15 is 0 Å². The molecule has 1 fully saturated rings. The summed E-state index contributed by atoms with van der Waals surface area (Å²) in [4.78, 5) is 18.7. The van der Waals surface area contributed by atoms with E-state index in [0.29, 0.717) is 6.54 Å². The van der Waals surface area contributed by atoms with Crippen molar-refractivity contribution in [1.82, 2.24) is 14.5 Å². The molecule has 2 aliphatic rings. The average Bonchev–Trinajstić information content (AvgIpc) is 3.25. The number of carbonyl (C=O) groups is 1. The van der Waals surface area contributed by atoms with Crippen LogP contribution in [-0.2, 0) is 11.3 Å². The number of imidazole rings is 1. The van der Waals surface area contributed by atoms with Crippen molar-refractivity contribution in [2.24, 2.45) is 5.41 Å².